The number of nitrogens with zero attached hydrogens (tertiary/aromatic N) is 5. The topological polar surface area (TPSA) is 52.6 Å². The van der Waals surface area contributed by atoms with E-state index in [1.54, 1.807) is 6.07 Å². The summed E-state index contributed by atoms with van der Waals surface area (Å²) in [4.78, 5) is 27.8. The van der Waals surface area contributed by atoms with Crippen molar-refractivity contribution in [1.82, 2.24) is 14.9 Å². The lowest BCUT2D eigenvalue weighted by Crippen LogP contribution is -2.49. The SMILES string of the molecule is O=C(c1cc(N2CCCCC2)ncn1)N1CCN(c2cccc(Cl)c2Cl)CC1. The van der Waals surface area contributed by atoms with E-state index in [0.29, 0.717) is 41.9 Å². The van der Waals surface area contributed by atoms with Gasteiger partial charge in [-0.25, -0.2) is 9.97 Å². The minimum absolute atomic E-state index is 0.0440. The van der Waals surface area contributed by atoms with Gasteiger partial charge in [0.05, 0.1) is 15.7 Å². The van der Waals surface area contributed by atoms with Crippen LogP contribution in [0.4, 0.5) is 11.5 Å². The Balaban J connectivity index is 1.42. The van der Waals surface area contributed by atoms with E-state index < -0.39 is 0 Å². The van der Waals surface area contributed by atoms with Gasteiger partial charge in [0.25, 0.3) is 5.91 Å². The summed E-state index contributed by atoms with van der Waals surface area (Å²) in [5.74, 6) is 0.805. The summed E-state index contributed by atoms with van der Waals surface area (Å²) in [7, 11) is 0. The van der Waals surface area contributed by atoms with E-state index in [9.17, 15) is 4.79 Å². The molecular formula is C20H23Cl2N5O. The Hall–Kier alpha value is -2.05. The van der Waals surface area contributed by atoms with Crippen LogP contribution in [0.5, 0.6) is 0 Å². The minimum Gasteiger partial charge on any atom is -0.367 e. The second-order valence-electron chi connectivity index (χ2n) is 7.16. The van der Waals surface area contributed by atoms with Crippen LogP contribution < -0.4 is 9.80 Å². The predicted molar refractivity (Wildman–Crippen MR) is 113 cm³/mol. The van der Waals surface area contributed by atoms with E-state index in [2.05, 4.69) is 19.8 Å². The molecule has 0 spiro atoms. The molecule has 4 rings (SSSR count). The van der Waals surface area contributed by atoms with Gasteiger partial charge in [0.15, 0.2) is 0 Å². The van der Waals surface area contributed by atoms with Gasteiger partial charge in [0, 0.05) is 45.3 Å². The molecule has 2 fully saturated rings. The van der Waals surface area contributed by atoms with Crippen molar-refractivity contribution in [3.05, 3.63) is 46.3 Å². The molecule has 0 saturated carbocycles. The van der Waals surface area contributed by atoms with E-state index in [0.717, 1.165) is 24.6 Å². The maximum Gasteiger partial charge on any atom is 0.272 e. The number of carbonyl (C=O) groups is 1. The van der Waals surface area contributed by atoms with E-state index in [1.807, 2.05) is 23.1 Å². The van der Waals surface area contributed by atoms with Gasteiger partial charge < -0.3 is 14.7 Å². The van der Waals surface area contributed by atoms with Crippen LogP contribution in [0.1, 0.15) is 29.8 Å². The minimum atomic E-state index is -0.0440. The Morgan fingerprint density at radius 2 is 1.64 bits per heavy atom. The molecule has 3 heterocycles. The largest absolute Gasteiger partial charge is 0.367 e. The number of hydrogen-bond acceptors (Lipinski definition) is 5. The highest BCUT2D eigenvalue weighted by molar-refractivity contribution is 6.43. The maximum atomic E-state index is 13.0. The average Bonchev–Trinajstić information content (AvgIpc) is 2.76. The molecule has 2 aliphatic heterocycles. The third-order valence-corrected chi connectivity index (χ3v) is 6.20. The van der Waals surface area contributed by atoms with Crippen molar-refractivity contribution in [2.75, 3.05) is 49.1 Å². The lowest BCUT2D eigenvalue weighted by atomic mass is 10.1. The highest BCUT2D eigenvalue weighted by Crippen LogP contribution is 2.33. The maximum absolute atomic E-state index is 13.0. The van der Waals surface area contributed by atoms with Gasteiger partial charge in [-0.3, -0.25) is 4.79 Å². The van der Waals surface area contributed by atoms with E-state index in [-0.39, 0.29) is 5.91 Å². The molecule has 2 aliphatic rings. The fraction of sp³-hybridized carbons (Fsp3) is 0.450. The van der Waals surface area contributed by atoms with Crippen LogP contribution in [0.2, 0.25) is 10.0 Å². The predicted octanol–water partition coefficient (Wildman–Crippen LogP) is 3.74. The fourth-order valence-electron chi connectivity index (χ4n) is 3.81. The van der Waals surface area contributed by atoms with E-state index in [4.69, 9.17) is 23.2 Å². The van der Waals surface area contributed by atoms with Gasteiger partial charge in [-0.05, 0) is 31.4 Å². The zero-order valence-corrected chi connectivity index (χ0v) is 17.2. The smallest absolute Gasteiger partial charge is 0.272 e. The number of rotatable bonds is 3. The number of amides is 1. The summed E-state index contributed by atoms with van der Waals surface area (Å²) in [6, 6.07) is 7.46. The number of halogens is 2. The third-order valence-electron chi connectivity index (χ3n) is 5.39. The molecule has 0 radical (unpaired) electrons. The molecule has 0 unspecified atom stereocenters. The quantitative estimate of drug-likeness (QED) is 0.758. The van der Waals surface area contributed by atoms with Gasteiger partial charge in [0.1, 0.15) is 17.8 Å². The number of piperidine rings is 1. The molecule has 0 bridgehead atoms. The van der Waals surface area contributed by atoms with Crippen LogP contribution in [0.25, 0.3) is 0 Å². The van der Waals surface area contributed by atoms with Crippen molar-refractivity contribution in [2.45, 2.75) is 19.3 Å². The molecule has 148 valence electrons. The van der Waals surface area contributed by atoms with Gasteiger partial charge >= 0.3 is 0 Å². The molecule has 1 amide bonds. The molecule has 2 aromatic rings. The van der Waals surface area contributed by atoms with Crippen LogP contribution >= 0.6 is 23.2 Å². The Morgan fingerprint density at radius 1 is 0.893 bits per heavy atom. The van der Waals surface area contributed by atoms with Crippen molar-refractivity contribution in [1.29, 1.82) is 0 Å². The summed E-state index contributed by atoms with van der Waals surface area (Å²) < 4.78 is 0. The number of hydrogen-bond donors (Lipinski definition) is 0. The third kappa shape index (κ3) is 4.03. The highest BCUT2D eigenvalue weighted by atomic mass is 35.5. The van der Waals surface area contributed by atoms with Crippen LogP contribution in [0.3, 0.4) is 0 Å². The lowest BCUT2D eigenvalue weighted by Gasteiger charge is -2.36. The monoisotopic (exact) mass is 419 g/mol. The van der Waals surface area contributed by atoms with Crippen molar-refractivity contribution >= 4 is 40.6 Å². The first kappa shape index (κ1) is 19.3. The average molecular weight is 420 g/mol. The lowest BCUT2D eigenvalue weighted by molar-refractivity contribution is 0.0740. The molecule has 1 aromatic heterocycles. The Morgan fingerprint density at radius 3 is 2.39 bits per heavy atom. The molecule has 2 saturated heterocycles. The molecule has 0 aliphatic carbocycles. The number of carbonyl (C=O) groups excluding carboxylic acids is 1. The first-order chi connectivity index (χ1) is 13.6. The van der Waals surface area contributed by atoms with Gasteiger partial charge in [0.2, 0.25) is 0 Å². The molecule has 0 atom stereocenters. The van der Waals surface area contributed by atoms with Crippen molar-refractivity contribution < 1.29 is 4.79 Å². The Bertz CT molecular complexity index is 848. The summed E-state index contributed by atoms with van der Waals surface area (Å²) in [6.07, 6.45) is 5.09. The van der Waals surface area contributed by atoms with Crippen LogP contribution in [0, 0.1) is 0 Å². The molecule has 1 aromatic carbocycles. The molecule has 28 heavy (non-hydrogen) atoms. The number of benzene rings is 1. The number of anilines is 2. The Labute approximate surface area is 175 Å². The second-order valence-corrected chi connectivity index (χ2v) is 7.95. The molecule has 0 N–H and O–H groups in total. The van der Waals surface area contributed by atoms with Gasteiger partial charge in [-0.15, -0.1) is 0 Å². The first-order valence-corrected chi connectivity index (χ1v) is 10.4. The van der Waals surface area contributed by atoms with Crippen LogP contribution in [-0.4, -0.2) is 60.0 Å². The van der Waals surface area contributed by atoms with E-state index in [1.165, 1.54) is 25.6 Å². The van der Waals surface area contributed by atoms with Crippen molar-refractivity contribution in [3.8, 4) is 0 Å². The van der Waals surface area contributed by atoms with Gasteiger partial charge in [-0.2, -0.15) is 0 Å². The summed E-state index contributed by atoms with van der Waals surface area (Å²) in [6.45, 7) is 4.62. The molecular weight excluding hydrogens is 397 g/mol. The number of aromatic nitrogens is 2. The van der Waals surface area contributed by atoms with Crippen molar-refractivity contribution in [3.63, 3.8) is 0 Å². The van der Waals surface area contributed by atoms with Crippen LogP contribution in [0.15, 0.2) is 30.6 Å². The molecule has 8 heteroatoms. The van der Waals surface area contributed by atoms with E-state index >= 15 is 0 Å². The standard InChI is InChI=1S/C20H23Cl2N5O/c21-15-5-4-6-17(19(15)22)25-9-11-27(12-10-25)20(28)16-13-18(24-14-23-16)26-7-2-1-3-8-26/h4-6,13-14H,1-3,7-12H2. The first-order valence-electron chi connectivity index (χ1n) is 9.69. The summed E-state index contributed by atoms with van der Waals surface area (Å²) >= 11 is 12.5. The second kappa shape index (κ2) is 8.53. The zero-order valence-electron chi connectivity index (χ0n) is 15.7. The fourth-order valence-corrected chi connectivity index (χ4v) is 4.22. The normalized spacial score (nSPS) is 17.7. The highest BCUT2D eigenvalue weighted by Gasteiger charge is 2.25. The summed E-state index contributed by atoms with van der Waals surface area (Å²) in [5, 5.41) is 1.11. The van der Waals surface area contributed by atoms with Crippen molar-refractivity contribution in [2.24, 2.45) is 0 Å². The van der Waals surface area contributed by atoms with Crippen LogP contribution in [-0.2, 0) is 0 Å². The Kier molecular flexibility index (Phi) is 5.87. The summed E-state index contributed by atoms with van der Waals surface area (Å²) in [5.41, 5.74) is 1.38. The molecule has 6 nitrogen and oxygen atoms in total. The number of piperazine rings is 1. The zero-order chi connectivity index (χ0) is 19.5. The van der Waals surface area contributed by atoms with Gasteiger partial charge in [-0.1, -0.05) is 29.3 Å².